The van der Waals surface area contributed by atoms with Gasteiger partial charge in [-0.3, -0.25) is 14.7 Å². The fraction of sp³-hybridized carbons (Fsp3) is 0.692. The van der Waals surface area contributed by atoms with E-state index in [1.54, 1.807) is 7.05 Å². The Hall–Kier alpha value is -1.92. The van der Waals surface area contributed by atoms with Crippen LogP contribution in [0.1, 0.15) is 32.0 Å². The van der Waals surface area contributed by atoms with Crippen molar-refractivity contribution >= 4 is 11.9 Å². The number of aromatic nitrogens is 3. The third kappa shape index (κ3) is 2.97. The first-order chi connectivity index (χ1) is 9.52. The summed E-state index contributed by atoms with van der Waals surface area (Å²) in [5.41, 5.74) is 0. The second kappa shape index (κ2) is 6.02. The summed E-state index contributed by atoms with van der Waals surface area (Å²) in [5.74, 6) is -1.06. The summed E-state index contributed by atoms with van der Waals surface area (Å²) in [5, 5.41) is 15.7. The molecule has 0 saturated heterocycles. The van der Waals surface area contributed by atoms with E-state index in [0.29, 0.717) is 31.1 Å². The van der Waals surface area contributed by atoms with Gasteiger partial charge in [0.05, 0.1) is 18.4 Å². The van der Waals surface area contributed by atoms with Gasteiger partial charge in [0, 0.05) is 7.05 Å². The number of nitrogens with zero attached hydrogens (tertiary/aromatic N) is 3. The number of aromatic amines is 1. The van der Waals surface area contributed by atoms with Crippen molar-refractivity contribution in [2.75, 3.05) is 7.05 Å². The van der Waals surface area contributed by atoms with Crippen molar-refractivity contribution in [1.29, 1.82) is 0 Å². The van der Waals surface area contributed by atoms with Crippen LogP contribution in [-0.4, -0.2) is 44.1 Å². The van der Waals surface area contributed by atoms with E-state index in [4.69, 9.17) is 0 Å². The van der Waals surface area contributed by atoms with Crippen LogP contribution in [0.15, 0.2) is 6.33 Å². The number of aliphatic carboxylic acids is 1. The minimum absolute atomic E-state index is 0.121. The van der Waals surface area contributed by atoms with E-state index in [9.17, 15) is 14.7 Å². The number of nitrogens with one attached hydrogen (secondary N) is 1. The third-order valence-corrected chi connectivity index (χ3v) is 4.10. The van der Waals surface area contributed by atoms with E-state index < -0.39 is 17.8 Å². The minimum atomic E-state index is -0.868. The lowest BCUT2D eigenvalue weighted by molar-refractivity contribution is -0.148. The Labute approximate surface area is 117 Å². The highest BCUT2D eigenvalue weighted by Crippen LogP contribution is 2.39. The van der Waals surface area contributed by atoms with Gasteiger partial charge in [0.2, 0.25) is 5.91 Å². The van der Waals surface area contributed by atoms with Crippen LogP contribution in [-0.2, 0) is 16.1 Å². The number of carbonyl (C=O) groups excluding carboxylic acids is 1. The monoisotopic (exact) mass is 280 g/mol. The molecule has 20 heavy (non-hydrogen) atoms. The fourth-order valence-electron chi connectivity index (χ4n) is 2.91. The summed E-state index contributed by atoms with van der Waals surface area (Å²) in [6.45, 7) is 2.35. The smallest absolute Gasteiger partial charge is 0.307 e. The van der Waals surface area contributed by atoms with Gasteiger partial charge in [-0.15, -0.1) is 0 Å². The van der Waals surface area contributed by atoms with Gasteiger partial charge in [0.25, 0.3) is 0 Å². The van der Waals surface area contributed by atoms with Crippen LogP contribution in [0.2, 0.25) is 0 Å². The Bertz CT molecular complexity index is 474. The number of amides is 1. The number of H-pyrrole nitrogens is 1. The molecule has 2 rings (SSSR count). The summed E-state index contributed by atoms with van der Waals surface area (Å²) in [6.07, 6.45) is 3.56. The predicted octanol–water partition coefficient (Wildman–Crippen LogP) is 0.900. The fourth-order valence-corrected chi connectivity index (χ4v) is 2.91. The van der Waals surface area contributed by atoms with E-state index in [2.05, 4.69) is 15.2 Å². The lowest BCUT2D eigenvalue weighted by Crippen LogP contribution is -2.36. The van der Waals surface area contributed by atoms with Gasteiger partial charge in [-0.2, -0.15) is 5.10 Å². The number of hydrogen-bond donors (Lipinski definition) is 2. The largest absolute Gasteiger partial charge is 0.481 e. The van der Waals surface area contributed by atoms with Crippen LogP contribution in [0.4, 0.5) is 0 Å². The zero-order valence-electron chi connectivity index (χ0n) is 11.7. The normalized spacial score (nSPS) is 25.6. The van der Waals surface area contributed by atoms with Crippen LogP contribution in [0.3, 0.4) is 0 Å². The number of carboxylic acid groups (broad SMARTS) is 1. The molecular formula is C13H20N4O3. The maximum atomic E-state index is 12.4. The van der Waals surface area contributed by atoms with Crippen molar-refractivity contribution in [1.82, 2.24) is 20.1 Å². The molecule has 1 heterocycles. The highest BCUT2D eigenvalue weighted by atomic mass is 16.4. The Kier molecular flexibility index (Phi) is 4.36. The molecule has 1 aromatic rings. The van der Waals surface area contributed by atoms with Crippen molar-refractivity contribution in [3.63, 3.8) is 0 Å². The Morgan fingerprint density at radius 1 is 1.45 bits per heavy atom. The zero-order chi connectivity index (χ0) is 14.7. The van der Waals surface area contributed by atoms with Crippen LogP contribution in [0, 0.1) is 17.8 Å². The van der Waals surface area contributed by atoms with Gasteiger partial charge in [0.15, 0.2) is 0 Å². The molecule has 2 N–H and O–H groups in total. The molecular weight excluding hydrogens is 260 g/mol. The summed E-state index contributed by atoms with van der Waals surface area (Å²) >= 11 is 0. The van der Waals surface area contributed by atoms with E-state index in [1.807, 2.05) is 6.92 Å². The van der Waals surface area contributed by atoms with E-state index >= 15 is 0 Å². The molecule has 3 unspecified atom stereocenters. The maximum Gasteiger partial charge on any atom is 0.307 e. The summed E-state index contributed by atoms with van der Waals surface area (Å²) in [6, 6.07) is 0. The molecule has 0 spiro atoms. The molecule has 1 amide bonds. The molecule has 110 valence electrons. The van der Waals surface area contributed by atoms with Gasteiger partial charge >= 0.3 is 5.97 Å². The standard InChI is InChI=1S/C13H20N4O3/c1-3-8-4-9(10(5-8)13(19)20)12(18)17(2)6-11-14-7-15-16-11/h7-10H,3-6H2,1-2H3,(H,19,20)(H,14,15,16). The van der Waals surface area contributed by atoms with Gasteiger partial charge in [0.1, 0.15) is 12.2 Å². The molecule has 7 nitrogen and oxygen atoms in total. The summed E-state index contributed by atoms with van der Waals surface area (Å²) < 4.78 is 0. The molecule has 0 radical (unpaired) electrons. The van der Waals surface area contributed by atoms with Crippen LogP contribution in [0.5, 0.6) is 0 Å². The average Bonchev–Trinajstić information content (AvgIpc) is 3.06. The number of carbonyl (C=O) groups is 2. The van der Waals surface area contributed by atoms with Crippen molar-refractivity contribution in [3.05, 3.63) is 12.2 Å². The highest BCUT2D eigenvalue weighted by molar-refractivity contribution is 5.85. The number of rotatable bonds is 5. The van der Waals surface area contributed by atoms with Crippen molar-refractivity contribution in [3.8, 4) is 0 Å². The molecule has 0 aromatic carbocycles. The van der Waals surface area contributed by atoms with Crippen molar-refractivity contribution in [2.24, 2.45) is 17.8 Å². The Morgan fingerprint density at radius 3 is 2.70 bits per heavy atom. The number of carboxylic acids is 1. The third-order valence-electron chi connectivity index (χ3n) is 4.10. The van der Waals surface area contributed by atoms with E-state index in [0.717, 1.165) is 6.42 Å². The second-order valence-corrected chi connectivity index (χ2v) is 5.42. The van der Waals surface area contributed by atoms with Crippen molar-refractivity contribution in [2.45, 2.75) is 32.7 Å². The first kappa shape index (κ1) is 14.5. The van der Waals surface area contributed by atoms with Gasteiger partial charge in [-0.1, -0.05) is 13.3 Å². The maximum absolute atomic E-state index is 12.4. The second-order valence-electron chi connectivity index (χ2n) is 5.42. The molecule has 7 heteroatoms. The summed E-state index contributed by atoms with van der Waals surface area (Å²) in [4.78, 5) is 29.3. The SMILES string of the molecule is CCC1CC(C(=O)O)C(C(=O)N(C)Cc2ncn[nH]2)C1. The molecule has 1 aliphatic rings. The zero-order valence-corrected chi connectivity index (χ0v) is 11.7. The van der Waals surface area contributed by atoms with Crippen LogP contribution < -0.4 is 0 Å². The first-order valence-electron chi connectivity index (χ1n) is 6.85. The topological polar surface area (TPSA) is 99.2 Å². The molecule has 1 aromatic heterocycles. The van der Waals surface area contributed by atoms with Crippen LogP contribution >= 0.6 is 0 Å². The van der Waals surface area contributed by atoms with Gasteiger partial charge in [-0.25, -0.2) is 4.98 Å². The molecule has 0 bridgehead atoms. The Balaban J connectivity index is 2.04. The number of hydrogen-bond acceptors (Lipinski definition) is 4. The lowest BCUT2D eigenvalue weighted by atomic mass is 9.95. The average molecular weight is 280 g/mol. The van der Waals surface area contributed by atoms with Crippen molar-refractivity contribution < 1.29 is 14.7 Å². The molecule has 1 fully saturated rings. The highest BCUT2D eigenvalue weighted by Gasteiger charge is 2.43. The summed E-state index contributed by atoms with van der Waals surface area (Å²) in [7, 11) is 1.67. The lowest BCUT2D eigenvalue weighted by Gasteiger charge is -2.22. The predicted molar refractivity (Wildman–Crippen MR) is 70.5 cm³/mol. The van der Waals surface area contributed by atoms with Gasteiger partial charge in [-0.05, 0) is 18.8 Å². The molecule has 1 aliphatic carbocycles. The molecule has 1 saturated carbocycles. The van der Waals surface area contributed by atoms with E-state index in [-0.39, 0.29) is 5.91 Å². The van der Waals surface area contributed by atoms with Crippen LogP contribution in [0.25, 0.3) is 0 Å². The quantitative estimate of drug-likeness (QED) is 0.834. The molecule has 0 aliphatic heterocycles. The minimum Gasteiger partial charge on any atom is -0.481 e. The molecule has 3 atom stereocenters. The van der Waals surface area contributed by atoms with E-state index in [1.165, 1.54) is 11.2 Å². The van der Waals surface area contributed by atoms with Gasteiger partial charge < -0.3 is 10.0 Å². The first-order valence-corrected chi connectivity index (χ1v) is 6.85. The Morgan fingerprint density at radius 2 is 2.15 bits per heavy atom.